The van der Waals surface area contributed by atoms with E-state index in [0.717, 1.165) is 11.4 Å². The van der Waals surface area contributed by atoms with E-state index in [0.29, 0.717) is 5.95 Å². The Balaban J connectivity index is 2.15. The molecule has 0 aliphatic rings. The van der Waals surface area contributed by atoms with Gasteiger partial charge in [0.15, 0.2) is 0 Å². The van der Waals surface area contributed by atoms with Crippen molar-refractivity contribution in [3.63, 3.8) is 0 Å². The number of anilines is 1. The van der Waals surface area contributed by atoms with Crippen LogP contribution in [-0.2, 0) is 6.42 Å². The van der Waals surface area contributed by atoms with E-state index in [1.54, 1.807) is 0 Å². The second-order valence-corrected chi connectivity index (χ2v) is 3.69. The first kappa shape index (κ1) is 9.45. The molecule has 2 N–H and O–H groups in total. The third-order valence-electron chi connectivity index (χ3n) is 1.73. The van der Waals surface area contributed by atoms with Gasteiger partial charge in [-0.1, -0.05) is 26.2 Å². The molecule has 1 aromatic rings. The standard InChI is InChI=1S/C8H15N3S/c1-2-3-4-5-6-7-10-8(9)11-12-7/h2-6H2,1H3,(H2,9,11). The van der Waals surface area contributed by atoms with Gasteiger partial charge in [-0.2, -0.15) is 4.37 Å². The molecule has 0 bridgehead atoms. The summed E-state index contributed by atoms with van der Waals surface area (Å²) in [5.74, 6) is 0.422. The molecule has 0 radical (unpaired) electrons. The van der Waals surface area contributed by atoms with Crippen molar-refractivity contribution in [2.75, 3.05) is 5.73 Å². The van der Waals surface area contributed by atoms with Crippen LogP contribution in [0, 0.1) is 0 Å². The number of aryl methyl sites for hydroxylation is 1. The largest absolute Gasteiger partial charge is 0.367 e. The summed E-state index contributed by atoms with van der Waals surface area (Å²) in [6.07, 6.45) is 6.12. The lowest BCUT2D eigenvalue weighted by Crippen LogP contribution is -1.88. The SMILES string of the molecule is CCCCCCc1nc(N)ns1. The number of unbranched alkanes of at least 4 members (excludes halogenated alkanes) is 3. The Kier molecular flexibility index (Phi) is 4.00. The first-order valence-corrected chi connectivity index (χ1v) is 5.18. The third-order valence-corrected chi connectivity index (χ3v) is 2.51. The van der Waals surface area contributed by atoms with Gasteiger partial charge in [0.2, 0.25) is 5.95 Å². The lowest BCUT2D eigenvalue weighted by atomic mass is 10.2. The summed E-state index contributed by atoms with van der Waals surface area (Å²) in [7, 11) is 0. The van der Waals surface area contributed by atoms with E-state index in [1.165, 1.54) is 37.2 Å². The first-order valence-electron chi connectivity index (χ1n) is 4.41. The zero-order valence-corrected chi connectivity index (χ0v) is 8.23. The monoisotopic (exact) mass is 185 g/mol. The highest BCUT2D eigenvalue weighted by atomic mass is 32.1. The Morgan fingerprint density at radius 1 is 1.33 bits per heavy atom. The molecule has 0 aliphatic carbocycles. The topological polar surface area (TPSA) is 51.8 Å². The van der Waals surface area contributed by atoms with Crippen LogP contribution in [0.15, 0.2) is 0 Å². The van der Waals surface area contributed by atoms with Crippen LogP contribution in [-0.4, -0.2) is 9.36 Å². The average Bonchev–Trinajstić information content (AvgIpc) is 2.45. The maximum absolute atomic E-state index is 5.40. The zero-order valence-electron chi connectivity index (χ0n) is 7.42. The lowest BCUT2D eigenvalue weighted by molar-refractivity contribution is 0.665. The molecule has 0 unspecified atom stereocenters. The molecule has 12 heavy (non-hydrogen) atoms. The summed E-state index contributed by atoms with van der Waals surface area (Å²) in [4.78, 5) is 4.09. The number of nitrogen functional groups attached to an aromatic ring is 1. The van der Waals surface area contributed by atoms with Gasteiger partial charge in [0.05, 0.1) is 0 Å². The van der Waals surface area contributed by atoms with Gasteiger partial charge in [0.25, 0.3) is 0 Å². The van der Waals surface area contributed by atoms with Crippen molar-refractivity contribution in [3.8, 4) is 0 Å². The highest BCUT2D eigenvalue weighted by molar-refractivity contribution is 7.05. The second-order valence-electron chi connectivity index (χ2n) is 2.86. The van der Waals surface area contributed by atoms with Gasteiger partial charge in [0.1, 0.15) is 5.01 Å². The summed E-state index contributed by atoms with van der Waals surface area (Å²) >= 11 is 1.42. The predicted molar refractivity (Wildman–Crippen MR) is 52.2 cm³/mol. The smallest absolute Gasteiger partial charge is 0.232 e. The number of aromatic nitrogens is 2. The van der Waals surface area contributed by atoms with Crippen LogP contribution >= 0.6 is 11.5 Å². The van der Waals surface area contributed by atoms with Crippen molar-refractivity contribution in [2.24, 2.45) is 0 Å². The Bertz CT molecular complexity index is 222. The van der Waals surface area contributed by atoms with E-state index in [2.05, 4.69) is 16.3 Å². The molecule has 4 heteroatoms. The highest BCUT2D eigenvalue weighted by Gasteiger charge is 1.99. The molecule has 0 atom stereocenters. The molecule has 0 saturated carbocycles. The molecule has 1 rings (SSSR count). The summed E-state index contributed by atoms with van der Waals surface area (Å²) in [6, 6.07) is 0. The van der Waals surface area contributed by atoms with E-state index in [4.69, 9.17) is 5.73 Å². The van der Waals surface area contributed by atoms with Crippen LogP contribution in [0.1, 0.15) is 37.6 Å². The Labute approximate surface area is 77.2 Å². The average molecular weight is 185 g/mol. The Morgan fingerprint density at radius 3 is 2.75 bits per heavy atom. The Hall–Kier alpha value is -0.640. The van der Waals surface area contributed by atoms with E-state index >= 15 is 0 Å². The van der Waals surface area contributed by atoms with Crippen molar-refractivity contribution >= 4 is 17.5 Å². The van der Waals surface area contributed by atoms with Crippen LogP contribution in [0.4, 0.5) is 5.95 Å². The van der Waals surface area contributed by atoms with Crippen LogP contribution in [0.2, 0.25) is 0 Å². The minimum Gasteiger partial charge on any atom is -0.367 e. The van der Waals surface area contributed by atoms with Crippen molar-refractivity contribution in [1.82, 2.24) is 9.36 Å². The molecule has 0 saturated heterocycles. The fourth-order valence-corrected chi connectivity index (χ4v) is 1.68. The van der Waals surface area contributed by atoms with Crippen LogP contribution < -0.4 is 5.73 Å². The van der Waals surface area contributed by atoms with Gasteiger partial charge in [-0.05, 0) is 18.0 Å². The molecular weight excluding hydrogens is 170 g/mol. The molecule has 1 heterocycles. The highest BCUT2D eigenvalue weighted by Crippen LogP contribution is 2.10. The Morgan fingerprint density at radius 2 is 2.17 bits per heavy atom. The van der Waals surface area contributed by atoms with E-state index in [9.17, 15) is 0 Å². The molecule has 0 aromatic carbocycles. The molecule has 1 aromatic heterocycles. The van der Waals surface area contributed by atoms with Gasteiger partial charge < -0.3 is 5.73 Å². The molecule has 0 spiro atoms. The van der Waals surface area contributed by atoms with Gasteiger partial charge in [-0.25, -0.2) is 4.98 Å². The summed E-state index contributed by atoms with van der Waals surface area (Å²) < 4.78 is 3.92. The van der Waals surface area contributed by atoms with Crippen LogP contribution in [0.25, 0.3) is 0 Å². The van der Waals surface area contributed by atoms with E-state index < -0.39 is 0 Å². The third kappa shape index (κ3) is 3.17. The maximum Gasteiger partial charge on any atom is 0.232 e. The van der Waals surface area contributed by atoms with Crippen LogP contribution in [0.3, 0.4) is 0 Å². The summed E-state index contributed by atoms with van der Waals surface area (Å²) in [5.41, 5.74) is 5.40. The molecule has 0 fully saturated rings. The van der Waals surface area contributed by atoms with Crippen LogP contribution in [0.5, 0.6) is 0 Å². The quantitative estimate of drug-likeness (QED) is 0.716. The summed E-state index contributed by atoms with van der Waals surface area (Å²) in [6.45, 7) is 2.21. The predicted octanol–water partition coefficient (Wildman–Crippen LogP) is 2.24. The van der Waals surface area contributed by atoms with Crippen molar-refractivity contribution in [3.05, 3.63) is 5.01 Å². The minimum absolute atomic E-state index is 0.422. The first-order chi connectivity index (χ1) is 5.83. The van der Waals surface area contributed by atoms with Crippen molar-refractivity contribution in [1.29, 1.82) is 0 Å². The molecule has 0 amide bonds. The second kappa shape index (κ2) is 5.09. The number of nitrogens with zero attached hydrogens (tertiary/aromatic N) is 2. The molecular formula is C8H15N3S. The van der Waals surface area contributed by atoms with E-state index in [1.807, 2.05) is 0 Å². The number of rotatable bonds is 5. The summed E-state index contributed by atoms with van der Waals surface area (Å²) in [5, 5.41) is 1.07. The van der Waals surface area contributed by atoms with Crippen molar-refractivity contribution < 1.29 is 0 Å². The minimum atomic E-state index is 0.422. The molecule has 0 aliphatic heterocycles. The zero-order chi connectivity index (χ0) is 8.81. The lowest BCUT2D eigenvalue weighted by Gasteiger charge is -1.94. The van der Waals surface area contributed by atoms with Gasteiger partial charge in [-0.15, -0.1) is 0 Å². The number of hydrogen-bond donors (Lipinski definition) is 1. The van der Waals surface area contributed by atoms with Crippen molar-refractivity contribution in [2.45, 2.75) is 39.0 Å². The van der Waals surface area contributed by atoms with Gasteiger partial charge in [-0.3, -0.25) is 0 Å². The number of hydrogen-bond acceptors (Lipinski definition) is 4. The molecule has 68 valence electrons. The van der Waals surface area contributed by atoms with Gasteiger partial charge in [0, 0.05) is 6.42 Å². The maximum atomic E-state index is 5.40. The fourth-order valence-electron chi connectivity index (χ4n) is 1.07. The molecule has 3 nitrogen and oxygen atoms in total. The van der Waals surface area contributed by atoms with E-state index in [-0.39, 0.29) is 0 Å². The normalized spacial score (nSPS) is 10.4. The number of nitrogens with two attached hydrogens (primary N) is 1. The fraction of sp³-hybridized carbons (Fsp3) is 0.750. The van der Waals surface area contributed by atoms with Gasteiger partial charge >= 0.3 is 0 Å².